The van der Waals surface area contributed by atoms with E-state index in [-0.39, 0.29) is 24.1 Å². The van der Waals surface area contributed by atoms with Gasteiger partial charge in [0, 0.05) is 18.8 Å². The highest BCUT2D eigenvalue weighted by Gasteiger charge is 2.16. The summed E-state index contributed by atoms with van der Waals surface area (Å²) in [5, 5.41) is 0. The topological polar surface area (TPSA) is 104 Å². The first-order valence-corrected chi connectivity index (χ1v) is 7.63. The molecule has 3 N–H and O–H groups in total. The van der Waals surface area contributed by atoms with Crippen LogP contribution in [0.1, 0.15) is 5.56 Å². The number of anilines is 1. The molecule has 8 heteroatoms. The zero-order valence-electron chi connectivity index (χ0n) is 10.9. The predicted octanol–water partition coefficient (Wildman–Crippen LogP) is 0.871. The van der Waals surface area contributed by atoms with Crippen LogP contribution in [-0.2, 0) is 16.6 Å². The molecule has 1 aromatic heterocycles. The van der Waals surface area contributed by atoms with Crippen molar-refractivity contribution >= 4 is 15.8 Å². The van der Waals surface area contributed by atoms with Gasteiger partial charge in [0.1, 0.15) is 5.82 Å². The van der Waals surface area contributed by atoms with E-state index in [4.69, 9.17) is 15.2 Å². The van der Waals surface area contributed by atoms with E-state index >= 15 is 0 Å². The van der Waals surface area contributed by atoms with Crippen molar-refractivity contribution in [2.24, 2.45) is 0 Å². The third-order valence-electron chi connectivity index (χ3n) is 2.97. The van der Waals surface area contributed by atoms with Crippen LogP contribution in [0, 0.1) is 0 Å². The van der Waals surface area contributed by atoms with Crippen LogP contribution in [0.15, 0.2) is 41.4 Å². The number of pyridine rings is 1. The van der Waals surface area contributed by atoms with E-state index in [0.717, 1.165) is 5.56 Å². The standard InChI is InChI=1S/C13H13N3O4S/c14-13-6-10(3-4-15-13)21(17,18)16-7-9-1-2-11-12(5-9)20-8-19-11/h1-6,16H,7-8H2,(H2,14,15). The number of benzene rings is 1. The smallest absolute Gasteiger partial charge is 0.241 e. The minimum absolute atomic E-state index is 0.0794. The zero-order valence-corrected chi connectivity index (χ0v) is 11.8. The largest absolute Gasteiger partial charge is 0.454 e. The van der Waals surface area contributed by atoms with Gasteiger partial charge in [0.2, 0.25) is 16.8 Å². The molecule has 0 aliphatic carbocycles. The fourth-order valence-electron chi connectivity index (χ4n) is 1.91. The molecule has 0 unspecified atom stereocenters. The second kappa shape index (κ2) is 5.23. The van der Waals surface area contributed by atoms with Crippen molar-refractivity contribution in [2.45, 2.75) is 11.4 Å². The molecule has 110 valence electrons. The highest BCUT2D eigenvalue weighted by Crippen LogP contribution is 2.32. The van der Waals surface area contributed by atoms with Gasteiger partial charge in [0.25, 0.3) is 0 Å². The van der Waals surface area contributed by atoms with Crippen LogP contribution in [0.2, 0.25) is 0 Å². The average Bonchev–Trinajstić information content (AvgIpc) is 2.93. The molecule has 0 saturated heterocycles. The lowest BCUT2D eigenvalue weighted by molar-refractivity contribution is 0.174. The minimum Gasteiger partial charge on any atom is -0.454 e. The first-order valence-electron chi connectivity index (χ1n) is 6.14. The molecular weight excluding hydrogens is 294 g/mol. The molecule has 0 fully saturated rings. The van der Waals surface area contributed by atoms with Gasteiger partial charge in [-0.25, -0.2) is 18.1 Å². The number of hydrogen-bond acceptors (Lipinski definition) is 6. The molecule has 1 aliphatic rings. The molecule has 0 atom stereocenters. The number of fused-ring (bicyclic) bond motifs is 1. The van der Waals surface area contributed by atoms with E-state index in [0.29, 0.717) is 11.5 Å². The van der Waals surface area contributed by atoms with Crippen LogP contribution >= 0.6 is 0 Å². The van der Waals surface area contributed by atoms with Crippen molar-refractivity contribution in [1.29, 1.82) is 0 Å². The Morgan fingerprint density at radius 3 is 2.81 bits per heavy atom. The van der Waals surface area contributed by atoms with Crippen LogP contribution in [0.25, 0.3) is 0 Å². The molecule has 0 bridgehead atoms. The SMILES string of the molecule is Nc1cc(S(=O)(=O)NCc2ccc3c(c2)OCO3)ccn1. The van der Waals surface area contributed by atoms with Gasteiger partial charge in [-0.05, 0) is 23.8 Å². The first kappa shape index (κ1) is 13.7. The molecule has 2 aromatic rings. The summed E-state index contributed by atoms with van der Waals surface area (Å²) < 4.78 is 37.2. The van der Waals surface area contributed by atoms with E-state index in [2.05, 4.69) is 9.71 Å². The minimum atomic E-state index is -3.64. The van der Waals surface area contributed by atoms with Crippen LogP contribution in [-0.4, -0.2) is 20.2 Å². The molecule has 7 nitrogen and oxygen atoms in total. The molecule has 3 rings (SSSR count). The van der Waals surface area contributed by atoms with Gasteiger partial charge in [-0.1, -0.05) is 6.07 Å². The number of nitrogen functional groups attached to an aromatic ring is 1. The summed E-state index contributed by atoms with van der Waals surface area (Å²) in [6.45, 7) is 0.321. The summed E-state index contributed by atoms with van der Waals surface area (Å²) in [5.74, 6) is 1.42. The Hall–Kier alpha value is -2.32. The summed E-state index contributed by atoms with van der Waals surface area (Å²) >= 11 is 0. The summed E-state index contributed by atoms with van der Waals surface area (Å²) in [6.07, 6.45) is 1.35. The molecular formula is C13H13N3O4S. The molecule has 0 amide bonds. The number of nitrogens with two attached hydrogens (primary N) is 1. The summed E-state index contributed by atoms with van der Waals surface area (Å²) in [6, 6.07) is 7.96. The van der Waals surface area contributed by atoms with Gasteiger partial charge < -0.3 is 15.2 Å². The van der Waals surface area contributed by atoms with E-state index < -0.39 is 10.0 Å². The van der Waals surface area contributed by atoms with Gasteiger partial charge in [-0.15, -0.1) is 0 Å². The second-order valence-electron chi connectivity index (χ2n) is 4.43. The number of nitrogens with one attached hydrogen (secondary N) is 1. The van der Waals surface area contributed by atoms with Gasteiger partial charge >= 0.3 is 0 Å². The van der Waals surface area contributed by atoms with Gasteiger partial charge in [-0.3, -0.25) is 0 Å². The van der Waals surface area contributed by atoms with Gasteiger partial charge in [0.05, 0.1) is 4.90 Å². The van der Waals surface area contributed by atoms with Crippen molar-refractivity contribution in [3.05, 3.63) is 42.1 Å². The molecule has 0 saturated carbocycles. The lowest BCUT2D eigenvalue weighted by Crippen LogP contribution is -2.23. The van der Waals surface area contributed by atoms with Crippen molar-refractivity contribution in [2.75, 3.05) is 12.5 Å². The number of aromatic nitrogens is 1. The maximum absolute atomic E-state index is 12.1. The fraction of sp³-hybridized carbons (Fsp3) is 0.154. The lowest BCUT2D eigenvalue weighted by Gasteiger charge is -2.07. The van der Waals surface area contributed by atoms with Crippen molar-refractivity contribution < 1.29 is 17.9 Å². The van der Waals surface area contributed by atoms with Crippen LogP contribution in [0.3, 0.4) is 0 Å². The Bertz CT molecular complexity index is 777. The lowest BCUT2D eigenvalue weighted by atomic mass is 10.2. The number of rotatable bonds is 4. The van der Waals surface area contributed by atoms with E-state index in [1.807, 2.05) is 0 Å². The third-order valence-corrected chi connectivity index (χ3v) is 4.37. The van der Waals surface area contributed by atoms with Crippen LogP contribution in [0.4, 0.5) is 5.82 Å². The Morgan fingerprint density at radius 1 is 1.19 bits per heavy atom. The Labute approximate surface area is 121 Å². The summed E-state index contributed by atoms with van der Waals surface area (Å²) in [4.78, 5) is 3.85. The van der Waals surface area contributed by atoms with Crippen LogP contribution < -0.4 is 19.9 Å². The van der Waals surface area contributed by atoms with E-state index in [1.54, 1.807) is 18.2 Å². The molecule has 0 spiro atoms. The summed E-state index contributed by atoms with van der Waals surface area (Å²) in [7, 11) is -3.64. The maximum Gasteiger partial charge on any atom is 0.241 e. The normalized spacial score (nSPS) is 13.3. The van der Waals surface area contributed by atoms with Crippen LogP contribution in [0.5, 0.6) is 11.5 Å². The number of sulfonamides is 1. The first-order chi connectivity index (χ1) is 10.0. The summed E-state index contributed by atoms with van der Waals surface area (Å²) in [5.41, 5.74) is 6.26. The number of nitrogens with zero attached hydrogens (tertiary/aromatic N) is 1. The fourth-order valence-corrected chi connectivity index (χ4v) is 2.95. The van der Waals surface area contributed by atoms with E-state index in [9.17, 15) is 8.42 Å². The Morgan fingerprint density at radius 2 is 2.00 bits per heavy atom. The Balaban J connectivity index is 1.75. The zero-order chi connectivity index (χ0) is 14.9. The molecule has 1 aromatic carbocycles. The molecule has 21 heavy (non-hydrogen) atoms. The third kappa shape index (κ3) is 2.91. The van der Waals surface area contributed by atoms with Gasteiger partial charge in [0.15, 0.2) is 11.5 Å². The highest BCUT2D eigenvalue weighted by atomic mass is 32.2. The molecule has 1 aliphatic heterocycles. The average molecular weight is 307 g/mol. The van der Waals surface area contributed by atoms with Gasteiger partial charge in [-0.2, -0.15) is 0 Å². The van der Waals surface area contributed by atoms with Crippen molar-refractivity contribution in [3.8, 4) is 11.5 Å². The highest BCUT2D eigenvalue weighted by molar-refractivity contribution is 7.89. The Kier molecular flexibility index (Phi) is 3.40. The number of ether oxygens (including phenoxy) is 2. The monoisotopic (exact) mass is 307 g/mol. The second-order valence-corrected chi connectivity index (χ2v) is 6.20. The predicted molar refractivity (Wildman–Crippen MR) is 75.2 cm³/mol. The maximum atomic E-state index is 12.1. The number of hydrogen-bond donors (Lipinski definition) is 2. The van der Waals surface area contributed by atoms with Crippen molar-refractivity contribution in [1.82, 2.24) is 9.71 Å². The van der Waals surface area contributed by atoms with E-state index in [1.165, 1.54) is 18.3 Å². The molecule has 0 radical (unpaired) electrons. The molecule has 2 heterocycles. The van der Waals surface area contributed by atoms with Crippen molar-refractivity contribution in [3.63, 3.8) is 0 Å². The quantitative estimate of drug-likeness (QED) is 0.868.